The van der Waals surface area contributed by atoms with Crippen molar-refractivity contribution >= 4 is 29.3 Å². The highest BCUT2D eigenvalue weighted by Gasteiger charge is 2.53. The van der Waals surface area contributed by atoms with Crippen LogP contribution in [0.2, 0.25) is 5.02 Å². The molecule has 0 unspecified atom stereocenters. The van der Waals surface area contributed by atoms with E-state index in [-0.39, 0.29) is 11.3 Å². The van der Waals surface area contributed by atoms with Gasteiger partial charge in [0.1, 0.15) is 5.82 Å². The van der Waals surface area contributed by atoms with Gasteiger partial charge >= 0.3 is 0 Å². The Labute approximate surface area is 191 Å². The lowest BCUT2D eigenvalue weighted by Gasteiger charge is -2.60. The van der Waals surface area contributed by atoms with Crippen molar-refractivity contribution in [1.82, 2.24) is 24.6 Å². The maximum absolute atomic E-state index is 12.5. The third kappa shape index (κ3) is 3.04. The summed E-state index contributed by atoms with van der Waals surface area (Å²) in [5, 5.41) is 9.70. The van der Waals surface area contributed by atoms with E-state index in [0.717, 1.165) is 55.0 Å². The molecule has 0 aliphatic carbocycles. The Morgan fingerprint density at radius 3 is 2.62 bits per heavy atom. The van der Waals surface area contributed by atoms with Crippen LogP contribution in [-0.4, -0.2) is 56.7 Å². The lowest BCUT2D eigenvalue weighted by Crippen LogP contribution is -2.73. The summed E-state index contributed by atoms with van der Waals surface area (Å²) in [6.07, 6.45) is 2.30. The number of anilines is 2. The van der Waals surface area contributed by atoms with Gasteiger partial charge < -0.3 is 14.7 Å². The van der Waals surface area contributed by atoms with Crippen LogP contribution < -0.4 is 9.80 Å². The number of pyridine rings is 1. The standard InChI is InChI=1S/C23H24ClN7O/c1-2-21(32)28-10-16-9-17(24)6-7-18(16)31-20(11-28)26-27-22(31)30-14-23(15-30)12-29(13-23)19-5-3-4-8-25-19/h3-9H,2,10-15H2,1H3. The number of benzene rings is 1. The summed E-state index contributed by atoms with van der Waals surface area (Å²) in [7, 11) is 0. The number of rotatable bonds is 3. The van der Waals surface area contributed by atoms with Gasteiger partial charge in [0.15, 0.2) is 5.82 Å². The van der Waals surface area contributed by atoms with E-state index in [1.165, 1.54) is 0 Å². The molecule has 5 heterocycles. The molecule has 0 atom stereocenters. The van der Waals surface area contributed by atoms with Gasteiger partial charge in [-0.3, -0.25) is 9.36 Å². The topological polar surface area (TPSA) is 70.4 Å². The molecule has 0 bridgehead atoms. The van der Waals surface area contributed by atoms with E-state index < -0.39 is 0 Å². The highest BCUT2D eigenvalue weighted by molar-refractivity contribution is 6.30. The van der Waals surface area contributed by atoms with Crippen molar-refractivity contribution in [3.8, 4) is 5.69 Å². The lowest BCUT2D eigenvalue weighted by molar-refractivity contribution is -0.132. The largest absolute Gasteiger partial charge is 0.355 e. The number of amides is 1. The lowest BCUT2D eigenvalue weighted by atomic mass is 9.73. The molecule has 2 aromatic heterocycles. The van der Waals surface area contributed by atoms with Crippen LogP contribution in [0.1, 0.15) is 24.7 Å². The second kappa shape index (κ2) is 7.20. The van der Waals surface area contributed by atoms with Crippen LogP contribution in [0.5, 0.6) is 0 Å². The fraction of sp³-hybridized carbons (Fsp3) is 0.391. The second-order valence-corrected chi connectivity index (χ2v) is 9.46. The molecule has 1 amide bonds. The predicted octanol–water partition coefficient (Wildman–Crippen LogP) is 2.89. The van der Waals surface area contributed by atoms with Crippen LogP contribution in [-0.2, 0) is 17.9 Å². The molecule has 3 aliphatic heterocycles. The maximum atomic E-state index is 12.5. The van der Waals surface area contributed by atoms with Crippen molar-refractivity contribution in [3.05, 3.63) is 59.0 Å². The molecule has 2 saturated heterocycles. The van der Waals surface area contributed by atoms with Gasteiger partial charge in [-0.15, -0.1) is 10.2 Å². The molecule has 6 rings (SSSR count). The molecular weight excluding hydrogens is 426 g/mol. The molecule has 3 aromatic rings. The van der Waals surface area contributed by atoms with Crippen molar-refractivity contribution < 1.29 is 4.79 Å². The monoisotopic (exact) mass is 449 g/mol. The molecule has 164 valence electrons. The van der Waals surface area contributed by atoms with Gasteiger partial charge in [0.2, 0.25) is 11.9 Å². The molecule has 0 radical (unpaired) electrons. The number of hydrogen-bond acceptors (Lipinski definition) is 6. The van der Waals surface area contributed by atoms with Gasteiger partial charge in [0, 0.05) is 55.8 Å². The number of fused-ring (bicyclic) bond motifs is 3. The summed E-state index contributed by atoms with van der Waals surface area (Å²) in [5.41, 5.74) is 2.29. The molecule has 3 aliphatic rings. The molecular formula is C23H24ClN7O. The zero-order chi connectivity index (χ0) is 21.9. The summed E-state index contributed by atoms with van der Waals surface area (Å²) in [6, 6.07) is 11.9. The van der Waals surface area contributed by atoms with Crippen LogP contribution in [0.25, 0.3) is 5.69 Å². The summed E-state index contributed by atoms with van der Waals surface area (Å²) in [4.78, 5) is 23.4. The number of nitrogens with zero attached hydrogens (tertiary/aromatic N) is 7. The average Bonchev–Trinajstić information content (AvgIpc) is 3.07. The van der Waals surface area contributed by atoms with Gasteiger partial charge in [-0.1, -0.05) is 24.6 Å². The molecule has 2 fully saturated rings. The van der Waals surface area contributed by atoms with E-state index in [9.17, 15) is 4.79 Å². The normalized spacial score (nSPS) is 18.5. The minimum atomic E-state index is 0.0981. The van der Waals surface area contributed by atoms with E-state index >= 15 is 0 Å². The van der Waals surface area contributed by atoms with Gasteiger partial charge in [-0.25, -0.2) is 4.98 Å². The highest BCUT2D eigenvalue weighted by atomic mass is 35.5. The Bertz CT molecular complexity index is 1180. The first-order valence-corrected chi connectivity index (χ1v) is 11.3. The zero-order valence-corrected chi connectivity index (χ0v) is 18.7. The third-order valence-electron chi connectivity index (χ3n) is 6.71. The highest BCUT2D eigenvalue weighted by Crippen LogP contribution is 2.43. The zero-order valence-electron chi connectivity index (χ0n) is 17.9. The Morgan fingerprint density at radius 2 is 1.88 bits per heavy atom. The number of carbonyl (C=O) groups is 1. The number of hydrogen-bond donors (Lipinski definition) is 0. The van der Waals surface area contributed by atoms with Crippen molar-refractivity contribution in [2.45, 2.75) is 26.4 Å². The molecule has 9 heteroatoms. The molecule has 1 spiro atoms. The van der Waals surface area contributed by atoms with Gasteiger partial charge in [0.25, 0.3) is 0 Å². The van der Waals surface area contributed by atoms with E-state index in [1.54, 1.807) is 0 Å². The Morgan fingerprint density at radius 1 is 1.06 bits per heavy atom. The van der Waals surface area contributed by atoms with Crippen LogP contribution in [0.15, 0.2) is 42.6 Å². The van der Waals surface area contributed by atoms with E-state index in [4.69, 9.17) is 11.6 Å². The summed E-state index contributed by atoms with van der Waals surface area (Å²) < 4.78 is 2.11. The Hall–Kier alpha value is -3.13. The quantitative estimate of drug-likeness (QED) is 0.612. The van der Waals surface area contributed by atoms with Gasteiger partial charge in [0.05, 0.1) is 12.2 Å². The fourth-order valence-corrected chi connectivity index (χ4v) is 5.36. The SMILES string of the molecule is CCC(=O)N1Cc2cc(Cl)ccc2-n2c(nnc2N2CC3(CN(c4ccccn4)C3)C2)C1. The summed E-state index contributed by atoms with van der Waals surface area (Å²) in [6.45, 7) is 6.74. The van der Waals surface area contributed by atoms with Crippen molar-refractivity contribution in [2.75, 3.05) is 36.0 Å². The first-order valence-electron chi connectivity index (χ1n) is 11.0. The minimum Gasteiger partial charge on any atom is -0.355 e. The number of aromatic nitrogens is 4. The van der Waals surface area contributed by atoms with E-state index in [0.29, 0.717) is 24.5 Å². The predicted molar refractivity (Wildman–Crippen MR) is 122 cm³/mol. The van der Waals surface area contributed by atoms with E-state index in [2.05, 4.69) is 35.6 Å². The van der Waals surface area contributed by atoms with Crippen molar-refractivity contribution in [1.29, 1.82) is 0 Å². The molecule has 1 aromatic carbocycles. The summed E-state index contributed by atoms with van der Waals surface area (Å²) >= 11 is 6.30. The van der Waals surface area contributed by atoms with Crippen LogP contribution in [0, 0.1) is 5.41 Å². The molecule has 0 saturated carbocycles. The molecule has 0 N–H and O–H groups in total. The van der Waals surface area contributed by atoms with Gasteiger partial charge in [-0.2, -0.15) is 0 Å². The number of carbonyl (C=O) groups excluding carboxylic acids is 1. The van der Waals surface area contributed by atoms with Gasteiger partial charge in [-0.05, 0) is 35.9 Å². The van der Waals surface area contributed by atoms with Crippen LogP contribution in [0.4, 0.5) is 11.8 Å². The Kier molecular flexibility index (Phi) is 4.40. The minimum absolute atomic E-state index is 0.0981. The third-order valence-corrected chi connectivity index (χ3v) is 6.94. The molecule has 32 heavy (non-hydrogen) atoms. The number of halogens is 1. The van der Waals surface area contributed by atoms with Crippen LogP contribution in [0.3, 0.4) is 0 Å². The second-order valence-electron chi connectivity index (χ2n) is 9.03. The maximum Gasteiger partial charge on any atom is 0.232 e. The van der Waals surface area contributed by atoms with Crippen LogP contribution >= 0.6 is 11.6 Å². The van der Waals surface area contributed by atoms with Crippen molar-refractivity contribution in [3.63, 3.8) is 0 Å². The first-order chi connectivity index (χ1) is 15.5. The summed E-state index contributed by atoms with van der Waals surface area (Å²) in [5.74, 6) is 2.77. The molecule has 8 nitrogen and oxygen atoms in total. The Balaban J connectivity index is 1.27. The fourth-order valence-electron chi connectivity index (χ4n) is 5.16. The van der Waals surface area contributed by atoms with E-state index in [1.807, 2.05) is 48.4 Å². The average molecular weight is 450 g/mol. The smallest absolute Gasteiger partial charge is 0.232 e. The first kappa shape index (κ1) is 19.5. The van der Waals surface area contributed by atoms with Crippen molar-refractivity contribution in [2.24, 2.45) is 5.41 Å².